The van der Waals surface area contributed by atoms with Crippen molar-refractivity contribution in [2.75, 3.05) is 56.1 Å². The van der Waals surface area contributed by atoms with E-state index in [1.165, 1.54) is 13.8 Å². The van der Waals surface area contributed by atoms with Crippen molar-refractivity contribution >= 4 is 98.1 Å². The molecule has 1 saturated heterocycles. The summed E-state index contributed by atoms with van der Waals surface area (Å²) in [5.74, 6) is -5.51. The van der Waals surface area contributed by atoms with Crippen molar-refractivity contribution in [3.63, 3.8) is 0 Å². The Balaban J connectivity index is 1.03. The number of nitrogens with one attached hydrogen (secondary N) is 8. The molecule has 0 bridgehead atoms. The van der Waals surface area contributed by atoms with Crippen molar-refractivity contribution < 1.29 is 48.0 Å². The number of guanidine groups is 1. The number of carboxylic acids is 1. The number of fused-ring (bicyclic) bond motifs is 2. The highest BCUT2D eigenvalue weighted by Crippen LogP contribution is 2.28. The van der Waals surface area contributed by atoms with Gasteiger partial charge in [-0.05, 0) is 159 Å². The van der Waals surface area contributed by atoms with Gasteiger partial charge in [-0.3, -0.25) is 38.6 Å². The van der Waals surface area contributed by atoms with Crippen molar-refractivity contribution in [1.82, 2.24) is 47.5 Å². The second-order valence-corrected chi connectivity index (χ2v) is 24.8. The van der Waals surface area contributed by atoms with E-state index in [1.54, 1.807) is 0 Å². The quantitative estimate of drug-likeness (QED) is 0.00595. The SMILES string of the molecule is CCN(CC)c1ccc2nc3ccc(N=Nc4ccc(N(C)CCCC(=O)NCCCC[C@H](NC(=O)[C@H](CC(C)C)NC(=O)[C@H](C)NC(=O)[C@H](CC(C)C)NC(=O)[C@@H]5CCCN5)C(=O)N[C@@H](C)C(=O)N[C@@H](CCCN=C(N)N)C(=O)O)cc4)cc3[n+](-c3ccccc3)c2c1. The van der Waals surface area contributed by atoms with E-state index in [0.29, 0.717) is 56.6 Å². The molecule has 0 aliphatic carbocycles. The molecule has 7 atom stereocenters. The molecule has 26 nitrogen and oxygen atoms in total. The van der Waals surface area contributed by atoms with Crippen LogP contribution in [0.1, 0.15) is 126 Å². The number of carbonyl (C=O) groups is 8. The molecule has 5 aromatic rings. The van der Waals surface area contributed by atoms with Crippen molar-refractivity contribution in [2.45, 2.75) is 168 Å². The number of azo groups is 1. The Hall–Kier alpha value is -9.33. The van der Waals surface area contributed by atoms with Crippen LogP contribution < -0.4 is 68.4 Å². The molecule has 2 heterocycles. The summed E-state index contributed by atoms with van der Waals surface area (Å²) in [6.45, 7) is 18.1. The zero-order valence-electron chi connectivity index (χ0n) is 55.9. The van der Waals surface area contributed by atoms with Crippen LogP contribution >= 0.6 is 0 Å². The van der Waals surface area contributed by atoms with Crippen LogP contribution in [0.4, 0.5) is 22.7 Å². The Morgan fingerprint density at radius 2 is 1.19 bits per heavy atom. The molecule has 94 heavy (non-hydrogen) atoms. The third-order valence-electron chi connectivity index (χ3n) is 16.2. The molecule has 4 aromatic carbocycles. The fourth-order valence-corrected chi connectivity index (χ4v) is 11.1. The van der Waals surface area contributed by atoms with Crippen LogP contribution in [0, 0.1) is 11.8 Å². The van der Waals surface area contributed by atoms with Gasteiger partial charge in [-0.1, -0.05) is 45.9 Å². The first-order valence-electron chi connectivity index (χ1n) is 32.9. The number of aromatic nitrogens is 2. The number of nitrogens with zero attached hydrogens (tertiary/aromatic N) is 7. The molecule has 0 radical (unpaired) electrons. The largest absolute Gasteiger partial charge is 0.480 e. The molecule has 0 saturated carbocycles. The third kappa shape index (κ3) is 22.8. The first kappa shape index (κ1) is 73.7. The number of rotatable bonds is 37. The molecular formula is C68H98N17O9+. The van der Waals surface area contributed by atoms with Gasteiger partial charge in [-0.25, -0.2) is 9.78 Å². The van der Waals surface area contributed by atoms with Gasteiger partial charge in [0.25, 0.3) is 0 Å². The summed E-state index contributed by atoms with van der Waals surface area (Å²) in [5, 5.41) is 41.2. The molecule has 508 valence electrons. The lowest BCUT2D eigenvalue weighted by Crippen LogP contribution is -2.59. The summed E-state index contributed by atoms with van der Waals surface area (Å²) >= 11 is 0. The number of nitrogens with two attached hydrogens (primary N) is 2. The molecule has 1 aliphatic rings. The van der Waals surface area contributed by atoms with E-state index in [4.69, 9.17) is 16.5 Å². The minimum absolute atomic E-state index is 0.00549. The summed E-state index contributed by atoms with van der Waals surface area (Å²) in [5.41, 5.74) is 18.8. The first-order chi connectivity index (χ1) is 44.9. The smallest absolute Gasteiger partial charge is 0.326 e. The van der Waals surface area contributed by atoms with Crippen LogP contribution in [0.15, 0.2) is 106 Å². The maximum Gasteiger partial charge on any atom is 0.326 e. The molecule has 1 aliphatic heterocycles. The maximum atomic E-state index is 14.2. The average Bonchev–Trinajstić information content (AvgIpc) is 0.787. The standard InChI is InChI=1S/C68H97N17O9/c1-10-84(11-2)50-31-33-52-59(41-50)85(49-20-13-12-14-21-49)58-40-47(28-32-51(58)76-52)82-81-46-26-29-48(30-27-46)83(9)37-19-25-60(86)72-34-16-15-22-54(64(90)74-44(7)61(87)78-55(67(93)94)24-18-36-73-68(69)70)77-66(92)57(39-43(5)6)79-62(88)45(8)75-65(91)56(38-42(3)4)80-63(89)53-23-17-35-71-53/h12-14,20-21,26-33,40-45,53-57,71H,10-11,15-19,22-25,34-39H2,1-9H3,(H11-,69,70,72,73,74,75,77,78,79,80,86,87,88,89,90,91,92,93,94)/p+1/t44-,45-,53-,54-,55-,56-,57-/m0/s1. The van der Waals surface area contributed by atoms with E-state index in [1.807, 2.05) is 100 Å². The maximum absolute atomic E-state index is 14.2. The number of hydrogen-bond donors (Lipinski definition) is 11. The van der Waals surface area contributed by atoms with E-state index in [2.05, 4.69) is 111 Å². The lowest BCUT2D eigenvalue weighted by atomic mass is 10.0. The lowest BCUT2D eigenvalue weighted by Gasteiger charge is -2.27. The Morgan fingerprint density at radius 1 is 0.638 bits per heavy atom. The van der Waals surface area contributed by atoms with Gasteiger partial charge in [0, 0.05) is 81.8 Å². The van der Waals surface area contributed by atoms with Crippen LogP contribution in [0.5, 0.6) is 0 Å². The van der Waals surface area contributed by atoms with Gasteiger partial charge in [0.2, 0.25) is 58.1 Å². The van der Waals surface area contributed by atoms with E-state index < -0.39 is 77.8 Å². The van der Waals surface area contributed by atoms with Crippen molar-refractivity contribution in [3.05, 3.63) is 91.0 Å². The fraction of sp³-hybridized carbons (Fsp3) is 0.515. The second-order valence-electron chi connectivity index (χ2n) is 24.8. The normalized spacial score (nSPS) is 14.9. The summed E-state index contributed by atoms with van der Waals surface area (Å²) in [6, 6.07) is 22.7. The Bertz CT molecular complexity index is 3430. The zero-order valence-corrected chi connectivity index (χ0v) is 55.9. The molecule has 13 N–H and O–H groups in total. The zero-order chi connectivity index (χ0) is 68.4. The van der Waals surface area contributed by atoms with Gasteiger partial charge in [0.05, 0.1) is 17.4 Å². The van der Waals surface area contributed by atoms with Gasteiger partial charge in [0.15, 0.2) is 5.96 Å². The van der Waals surface area contributed by atoms with E-state index in [-0.39, 0.29) is 74.8 Å². The second kappa shape index (κ2) is 36.8. The van der Waals surface area contributed by atoms with E-state index >= 15 is 0 Å². The van der Waals surface area contributed by atoms with Crippen LogP contribution in [0.25, 0.3) is 27.8 Å². The highest BCUT2D eigenvalue weighted by atomic mass is 16.4. The Labute approximate surface area is 551 Å². The topological polar surface area (TPSA) is 365 Å². The van der Waals surface area contributed by atoms with Gasteiger partial charge in [0.1, 0.15) is 47.3 Å². The predicted octanol–water partition coefficient (Wildman–Crippen LogP) is 5.36. The summed E-state index contributed by atoms with van der Waals surface area (Å²) in [6.07, 6.45) is 3.76. The minimum atomic E-state index is -1.32. The number of anilines is 2. The molecule has 0 unspecified atom stereocenters. The number of amides is 7. The van der Waals surface area contributed by atoms with Crippen molar-refractivity contribution in [1.29, 1.82) is 0 Å². The van der Waals surface area contributed by atoms with Gasteiger partial charge in [-0.15, -0.1) is 4.57 Å². The number of aliphatic carboxylic acids is 1. The third-order valence-corrected chi connectivity index (χ3v) is 16.2. The number of benzene rings is 4. The van der Waals surface area contributed by atoms with Gasteiger partial charge in [-0.2, -0.15) is 10.2 Å². The van der Waals surface area contributed by atoms with Crippen LogP contribution in [-0.2, 0) is 38.4 Å². The average molecular weight is 1300 g/mol. The number of carbonyl (C=O) groups excluding carboxylic acids is 7. The molecule has 6 rings (SSSR count). The summed E-state index contributed by atoms with van der Waals surface area (Å²) < 4.78 is 2.22. The van der Waals surface area contributed by atoms with E-state index in [0.717, 1.165) is 58.6 Å². The molecule has 26 heteroatoms. The molecule has 1 fully saturated rings. The number of carboxylic acid groups (broad SMARTS) is 1. The van der Waals surface area contributed by atoms with Crippen molar-refractivity contribution in [3.8, 4) is 5.69 Å². The number of para-hydroxylation sites is 1. The summed E-state index contributed by atoms with van der Waals surface area (Å²) in [7, 11) is 1.95. The number of aliphatic imine (C=N–C) groups is 1. The first-order valence-corrected chi connectivity index (χ1v) is 32.9. The van der Waals surface area contributed by atoms with Crippen molar-refractivity contribution in [2.24, 2.45) is 38.5 Å². The Kier molecular flexibility index (Phi) is 28.9. The number of hydrogen-bond acceptors (Lipinski definition) is 15. The van der Waals surface area contributed by atoms with Gasteiger partial charge >= 0.3 is 5.97 Å². The monoisotopic (exact) mass is 1300 g/mol. The number of unbranched alkanes of at least 4 members (excludes halogenated alkanes) is 1. The molecule has 1 aromatic heterocycles. The lowest BCUT2D eigenvalue weighted by molar-refractivity contribution is -0.538. The molecular weight excluding hydrogens is 1200 g/mol. The summed E-state index contributed by atoms with van der Waals surface area (Å²) in [4.78, 5) is 120. The van der Waals surface area contributed by atoms with E-state index in [9.17, 15) is 43.5 Å². The Morgan fingerprint density at radius 3 is 1.80 bits per heavy atom. The highest BCUT2D eigenvalue weighted by Gasteiger charge is 2.34. The predicted molar refractivity (Wildman–Crippen MR) is 365 cm³/mol. The van der Waals surface area contributed by atoms with Crippen LogP contribution in [-0.4, -0.2) is 152 Å². The molecule has 0 spiro atoms. The van der Waals surface area contributed by atoms with Crippen LogP contribution in [0.2, 0.25) is 0 Å². The molecule has 7 amide bonds. The minimum Gasteiger partial charge on any atom is -0.480 e. The fourth-order valence-electron chi connectivity index (χ4n) is 11.1. The van der Waals surface area contributed by atoms with Crippen LogP contribution in [0.3, 0.4) is 0 Å². The highest BCUT2D eigenvalue weighted by molar-refractivity contribution is 5.97. The van der Waals surface area contributed by atoms with Gasteiger partial charge < -0.3 is 68.9 Å².